The third-order valence-corrected chi connectivity index (χ3v) is 3.91. The van der Waals surface area contributed by atoms with Crippen molar-refractivity contribution in [1.82, 2.24) is 20.2 Å². The normalized spacial score (nSPS) is 13.1. The Hall–Kier alpha value is -1.56. The van der Waals surface area contributed by atoms with Gasteiger partial charge in [0.05, 0.1) is 12.1 Å². The molecule has 0 amide bonds. The Morgan fingerprint density at radius 1 is 1.15 bits per heavy atom. The zero-order valence-corrected chi connectivity index (χ0v) is 15.2. The van der Waals surface area contributed by atoms with Gasteiger partial charge < -0.3 is 25.5 Å². The molecule has 0 bridgehead atoms. The smallest absolute Gasteiger partial charge is 0.402 e. The lowest BCUT2D eigenvalue weighted by molar-refractivity contribution is 0.181. The van der Waals surface area contributed by atoms with Crippen LogP contribution < -0.4 is 5.73 Å². The second-order valence-electron chi connectivity index (χ2n) is 5.72. The first-order valence-corrected chi connectivity index (χ1v) is 8.30. The van der Waals surface area contributed by atoms with E-state index in [-0.39, 0.29) is 37.7 Å². The predicted octanol–water partition coefficient (Wildman–Crippen LogP) is 0.223. The summed E-state index contributed by atoms with van der Waals surface area (Å²) in [6, 6.07) is 9.17. The number of nitrogens with zero attached hydrogens (tertiary/aromatic N) is 4. The van der Waals surface area contributed by atoms with Crippen molar-refractivity contribution in [2.45, 2.75) is 37.8 Å². The summed E-state index contributed by atoms with van der Waals surface area (Å²) in [4.78, 5) is 0. The molecule has 1 aromatic heterocycles. The van der Waals surface area contributed by atoms with E-state index in [9.17, 15) is 5.11 Å². The minimum Gasteiger partial charge on any atom is -0.402 e. The molecule has 11 heteroatoms. The maximum atomic E-state index is 9.40. The molecule has 144 valence electrons. The summed E-state index contributed by atoms with van der Waals surface area (Å²) in [5, 5.41) is 38.5. The van der Waals surface area contributed by atoms with E-state index in [4.69, 9.17) is 15.8 Å². The number of aliphatic hydroxyl groups is 1. The minimum atomic E-state index is -1.74. The summed E-state index contributed by atoms with van der Waals surface area (Å²) < 4.78 is 6.33. The number of tetrazole rings is 1. The number of halogens is 1. The molecule has 9 nitrogen and oxygen atoms in total. The summed E-state index contributed by atoms with van der Waals surface area (Å²) in [6.45, 7) is 0.251. The van der Waals surface area contributed by atoms with E-state index >= 15 is 0 Å². The predicted molar refractivity (Wildman–Crippen MR) is 98.3 cm³/mol. The molecule has 0 aliphatic carbocycles. The fraction of sp³-hybridized carbons (Fsp3) is 0.533. The molecule has 0 aliphatic heterocycles. The highest BCUT2D eigenvalue weighted by molar-refractivity contribution is 6.32. The van der Waals surface area contributed by atoms with Crippen molar-refractivity contribution in [3.05, 3.63) is 41.7 Å². The molecule has 1 heterocycles. The fourth-order valence-corrected chi connectivity index (χ4v) is 2.68. The van der Waals surface area contributed by atoms with Gasteiger partial charge in [-0.05, 0) is 41.7 Å². The first-order valence-electron chi connectivity index (χ1n) is 8.30. The van der Waals surface area contributed by atoms with Gasteiger partial charge in [0.2, 0.25) is 0 Å². The highest BCUT2D eigenvalue weighted by Gasteiger charge is 2.22. The van der Waals surface area contributed by atoms with Crippen molar-refractivity contribution in [1.29, 1.82) is 0 Å². The summed E-state index contributed by atoms with van der Waals surface area (Å²) >= 11 is 0. The topological polar surface area (TPSA) is 140 Å². The van der Waals surface area contributed by atoms with Crippen molar-refractivity contribution in [3.63, 3.8) is 0 Å². The molecule has 0 spiro atoms. The molecule has 1 aromatic carbocycles. The van der Waals surface area contributed by atoms with E-state index in [1.54, 1.807) is 4.68 Å². The average Bonchev–Trinajstić information content (AvgIpc) is 3.09. The molecular weight excluding hydrogens is 360 g/mol. The van der Waals surface area contributed by atoms with Gasteiger partial charge in [0, 0.05) is 13.2 Å². The molecule has 0 radical (unpaired) electrons. The summed E-state index contributed by atoms with van der Waals surface area (Å²) in [5.74, 6) is 0.561. The Balaban J connectivity index is 0.00000338. The molecule has 2 rings (SSSR count). The summed E-state index contributed by atoms with van der Waals surface area (Å²) in [6.07, 6.45) is 2.49. The van der Waals surface area contributed by atoms with Crippen molar-refractivity contribution < 1.29 is 19.8 Å². The molecule has 26 heavy (non-hydrogen) atoms. The maximum absolute atomic E-state index is 9.40. The van der Waals surface area contributed by atoms with Gasteiger partial charge in [-0.3, -0.25) is 0 Å². The average molecular weight is 386 g/mol. The van der Waals surface area contributed by atoms with Crippen LogP contribution in [0, 0.1) is 0 Å². The number of benzene rings is 1. The second kappa shape index (κ2) is 11.9. The van der Waals surface area contributed by atoms with Gasteiger partial charge in [-0.2, -0.15) is 0 Å². The van der Waals surface area contributed by atoms with E-state index in [2.05, 4.69) is 20.2 Å². The van der Waals surface area contributed by atoms with Gasteiger partial charge in [-0.1, -0.05) is 30.3 Å². The van der Waals surface area contributed by atoms with E-state index in [0.717, 1.165) is 12.0 Å². The molecule has 2 aromatic rings. The van der Waals surface area contributed by atoms with Gasteiger partial charge in [0.25, 0.3) is 0 Å². The molecule has 0 aliphatic rings. The van der Waals surface area contributed by atoms with Crippen molar-refractivity contribution >= 4 is 19.7 Å². The van der Waals surface area contributed by atoms with Crippen LogP contribution in [0.5, 0.6) is 0 Å². The second-order valence-corrected chi connectivity index (χ2v) is 5.72. The molecular formula is C15H25BClN5O4. The van der Waals surface area contributed by atoms with Crippen LogP contribution in [0.4, 0.5) is 0 Å². The van der Waals surface area contributed by atoms with Crippen LogP contribution in [0.25, 0.3) is 0 Å². The van der Waals surface area contributed by atoms with Crippen LogP contribution in [0.3, 0.4) is 0 Å². The number of hydrogen-bond acceptors (Lipinski definition) is 8. The Bertz CT molecular complexity index is 619. The Morgan fingerprint density at radius 3 is 2.54 bits per heavy atom. The summed E-state index contributed by atoms with van der Waals surface area (Å²) in [5.41, 5.74) is 7.23. The van der Waals surface area contributed by atoms with E-state index in [1.807, 2.05) is 30.3 Å². The van der Waals surface area contributed by atoms with Crippen LogP contribution in [0.1, 0.15) is 49.2 Å². The number of aliphatic hydroxyl groups excluding tert-OH is 1. The largest absolute Gasteiger partial charge is 0.633 e. The van der Waals surface area contributed by atoms with Gasteiger partial charge in [0.1, 0.15) is 0 Å². The number of nitrogens with two attached hydrogens (primary N) is 1. The molecule has 2 unspecified atom stereocenters. The van der Waals surface area contributed by atoms with E-state index in [0.29, 0.717) is 25.1 Å². The zero-order chi connectivity index (χ0) is 18.1. The van der Waals surface area contributed by atoms with Crippen LogP contribution in [-0.2, 0) is 4.65 Å². The standard InChI is InChI=1S/C15H24BN5O4.ClH/c17-13(8-4-5-11-25-16(23)24)15-18-19-20-21(15)14(9-10-22)12-6-2-1-3-7-12;/h1-3,6-7,13-14,22-24H,4-5,8-11,17H2;1H. The summed E-state index contributed by atoms with van der Waals surface area (Å²) in [7, 11) is -1.74. The molecule has 0 saturated heterocycles. The highest BCUT2D eigenvalue weighted by Crippen LogP contribution is 2.24. The van der Waals surface area contributed by atoms with Crippen LogP contribution in [0.15, 0.2) is 30.3 Å². The number of rotatable bonds is 11. The lowest BCUT2D eigenvalue weighted by Crippen LogP contribution is -2.23. The lowest BCUT2D eigenvalue weighted by Gasteiger charge is -2.20. The van der Waals surface area contributed by atoms with Crippen LogP contribution in [0.2, 0.25) is 0 Å². The Morgan fingerprint density at radius 2 is 1.88 bits per heavy atom. The monoisotopic (exact) mass is 385 g/mol. The van der Waals surface area contributed by atoms with Crippen molar-refractivity contribution in [2.75, 3.05) is 13.2 Å². The van der Waals surface area contributed by atoms with Crippen molar-refractivity contribution in [3.8, 4) is 0 Å². The molecule has 0 saturated carbocycles. The minimum absolute atomic E-state index is 0. The highest BCUT2D eigenvalue weighted by atomic mass is 35.5. The van der Waals surface area contributed by atoms with E-state index in [1.165, 1.54) is 0 Å². The van der Waals surface area contributed by atoms with Crippen molar-refractivity contribution in [2.24, 2.45) is 5.73 Å². The molecule has 2 atom stereocenters. The quantitative estimate of drug-likeness (QED) is 0.318. The zero-order valence-electron chi connectivity index (χ0n) is 14.4. The number of aromatic nitrogens is 4. The molecule has 0 fully saturated rings. The van der Waals surface area contributed by atoms with Gasteiger partial charge in [0.15, 0.2) is 5.82 Å². The Labute approximate surface area is 158 Å². The number of unbranched alkanes of at least 4 members (excludes halogenated alkanes) is 1. The van der Waals surface area contributed by atoms with Gasteiger partial charge >= 0.3 is 7.32 Å². The van der Waals surface area contributed by atoms with Crippen LogP contribution >= 0.6 is 12.4 Å². The van der Waals surface area contributed by atoms with E-state index < -0.39 is 7.32 Å². The fourth-order valence-electron chi connectivity index (χ4n) is 2.68. The van der Waals surface area contributed by atoms with Gasteiger partial charge in [-0.25, -0.2) is 4.68 Å². The first-order chi connectivity index (χ1) is 12.1. The SMILES string of the molecule is Cl.NC(CCCCOB(O)O)c1nnnn1C(CCO)c1ccccc1. The molecule has 5 N–H and O–H groups in total. The first kappa shape index (κ1) is 22.5. The van der Waals surface area contributed by atoms with Crippen LogP contribution in [-0.4, -0.2) is 55.9 Å². The number of hydrogen-bond donors (Lipinski definition) is 4. The Kier molecular flexibility index (Phi) is 10.3. The third-order valence-electron chi connectivity index (χ3n) is 3.91. The van der Waals surface area contributed by atoms with Gasteiger partial charge in [-0.15, -0.1) is 17.5 Å². The maximum Gasteiger partial charge on any atom is 0.633 e. The third kappa shape index (κ3) is 6.63. The lowest BCUT2D eigenvalue weighted by atomic mass is 10.0.